The van der Waals surface area contributed by atoms with Crippen LogP contribution in [-0.2, 0) is 4.79 Å². The molecule has 0 heterocycles. The van der Waals surface area contributed by atoms with Gasteiger partial charge in [-0.2, -0.15) is 5.10 Å². The van der Waals surface area contributed by atoms with Crippen molar-refractivity contribution in [2.45, 2.75) is 0 Å². The van der Waals surface area contributed by atoms with Crippen molar-refractivity contribution in [3.05, 3.63) is 52.0 Å². The van der Waals surface area contributed by atoms with E-state index in [2.05, 4.69) is 31.8 Å². The Morgan fingerprint density at radius 2 is 2.00 bits per heavy atom. The van der Waals surface area contributed by atoms with Gasteiger partial charge in [-0.1, -0.05) is 6.07 Å². The molecule has 0 atom stereocenters. The lowest BCUT2D eigenvalue weighted by molar-refractivity contribution is -0.120. The molecule has 0 unspecified atom stereocenters. The van der Waals surface area contributed by atoms with E-state index in [1.54, 1.807) is 36.4 Å². The minimum Gasteiger partial charge on any atom is -0.503 e. The maximum absolute atomic E-state index is 12.0. The first kappa shape index (κ1) is 20.2. The van der Waals surface area contributed by atoms with E-state index in [1.807, 2.05) is 0 Å². The van der Waals surface area contributed by atoms with Gasteiger partial charge in [0, 0.05) is 5.56 Å². The Hall–Kier alpha value is -3.07. The van der Waals surface area contributed by atoms with Crippen molar-refractivity contribution >= 4 is 34.0 Å². The van der Waals surface area contributed by atoms with E-state index in [0.29, 0.717) is 21.3 Å². The number of nitrogens with zero attached hydrogens (tertiary/aromatic N) is 1. The molecule has 3 N–H and O–H groups in total. The minimum absolute atomic E-state index is 0.0288. The lowest BCUT2D eigenvalue weighted by atomic mass is 10.2. The smallest absolute Gasteiger partial charge is 0.259 e. The zero-order valence-electron chi connectivity index (χ0n) is 14.7. The van der Waals surface area contributed by atoms with Gasteiger partial charge >= 0.3 is 0 Å². The van der Waals surface area contributed by atoms with Gasteiger partial charge < -0.3 is 19.9 Å². The predicted octanol–water partition coefficient (Wildman–Crippen LogP) is 2.05. The van der Waals surface area contributed by atoms with Crippen LogP contribution >= 0.6 is 15.9 Å². The van der Waals surface area contributed by atoms with Crippen molar-refractivity contribution in [2.75, 3.05) is 20.8 Å². The van der Waals surface area contributed by atoms with Crippen LogP contribution in [0.1, 0.15) is 15.9 Å². The molecule has 0 bridgehead atoms. The number of aromatic hydroxyl groups is 1. The molecule has 27 heavy (non-hydrogen) atoms. The maximum Gasteiger partial charge on any atom is 0.259 e. The van der Waals surface area contributed by atoms with E-state index in [9.17, 15) is 14.7 Å². The minimum atomic E-state index is -0.493. The zero-order chi connectivity index (χ0) is 19.8. The number of amides is 2. The summed E-state index contributed by atoms with van der Waals surface area (Å²) in [5.74, 6) is -0.110. The summed E-state index contributed by atoms with van der Waals surface area (Å²) in [5, 5.41) is 16.1. The molecule has 0 spiro atoms. The van der Waals surface area contributed by atoms with Gasteiger partial charge in [0.1, 0.15) is 5.75 Å². The van der Waals surface area contributed by atoms with Crippen LogP contribution in [0.4, 0.5) is 0 Å². The number of halogens is 1. The zero-order valence-corrected chi connectivity index (χ0v) is 16.2. The highest BCUT2D eigenvalue weighted by Crippen LogP contribution is 2.34. The molecule has 0 saturated heterocycles. The van der Waals surface area contributed by atoms with Gasteiger partial charge in [-0.3, -0.25) is 9.59 Å². The molecule has 9 heteroatoms. The van der Waals surface area contributed by atoms with Crippen LogP contribution in [0.15, 0.2) is 46.0 Å². The molecular weight excluding hydrogens is 418 g/mol. The van der Waals surface area contributed by atoms with Gasteiger partial charge in [-0.05, 0) is 51.8 Å². The van der Waals surface area contributed by atoms with E-state index in [4.69, 9.17) is 9.47 Å². The van der Waals surface area contributed by atoms with Crippen molar-refractivity contribution in [1.29, 1.82) is 0 Å². The second-order valence-corrected chi connectivity index (χ2v) is 6.12. The highest BCUT2D eigenvalue weighted by atomic mass is 79.9. The molecule has 0 aromatic heterocycles. The number of methoxy groups -OCH3 is 2. The van der Waals surface area contributed by atoms with Crippen LogP contribution in [0, 0.1) is 0 Å². The summed E-state index contributed by atoms with van der Waals surface area (Å²) in [6.07, 6.45) is 1.38. The van der Waals surface area contributed by atoms with E-state index in [-0.39, 0.29) is 18.0 Å². The van der Waals surface area contributed by atoms with Gasteiger partial charge in [0.25, 0.3) is 11.8 Å². The number of hydrogen-bond acceptors (Lipinski definition) is 6. The Balaban J connectivity index is 1.88. The average molecular weight is 436 g/mol. The Bertz CT molecular complexity index is 870. The number of carbonyl (C=O) groups is 2. The molecule has 2 amide bonds. The maximum atomic E-state index is 12.0. The quantitative estimate of drug-likeness (QED) is 0.455. The number of hydrogen-bond donors (Lipinski definition) is 3. The van der Waals surface area contributed by atoms with Crippen LogP contribution in [-0.4, -0.2) is 43.9 Å². The van der Waals surface area contributed by atoms with Crippen LogP contribution in [0.25, 0.3) is 0 Å². The average Bonchev–Trinajstić information content (AvgIpc) is 2.68. The van der Waals surface area contributed by atoms with E-state index in [1.165, 1.54) is 20.4 Å². The van der Waals surface area contributed by atoms with Crippen molar-refractivity contribution < 1.29 is 24.2 Å². The van der Waals surface area contributed by atoms with Gasteiger partial charge in [0.15, 0.2) is 11.5 Å². The third-order valence-corrected chi connectivity index (χ3v) is 4.02. The van der Waals surface area contributed by atoms with Gasteiger partial charge in [-0.25, -0.2) is 5.43 Å². The summed E-state index contributed by atoms with van der Waals surface area (Å²) < 4.78 is 10.5. The Kier molecular flexibility index (Phi) is 7.18. The van der Waals surface area contributed by atoms with Gasteiger partial charge in [0.2, 0.25) is 0 Å². The molecule has 0 radical (unpaired) electrons. The monoisotopic (exact) mass is 435 g/mol. The fourth-order valence-electron chi connectivity index (χ4n) is 2.07. The molecule has 0 saturated carbocycles. The Labute approximate surface area is 164 Å². The number of phenols is 1. The largest absolute Gasteiger partial charge is 0.503 e. The van der Waals surface area contributed by atoms with E-state index >= 15 is 0 Å². The van der Waals surface area contributed by atoms with E-state index < -0.39 is 11.8 Å². The van der Waals surface area contributed by atoms with Crippen LogP contribution in [0.3, 0.4) is 0 Å². The number of hydrazone groups is 1. The second-order valence-electron chi connectivity index (χ2n) is 5.26. The third kappa shape index (κ3) is 5.71. The van der Waals surface area contributed by atoms with Crippen molar-refractivity contribution in [1.82, 2.24) is 10.7 Å². The Morgan fingerprint density at radius 3 is 2.70 bits per heavy atom. The fraction of sp³-hybridized carbons (Fsp3) is 0.167. The highest BCUT2D eigenvalue weighted by Gasteiger charge is 2.09. The number of ether oxygens (including phenoxy) is 2. The van der Waals surface area contributed by atoms with Crippen LogP contribution < -0.4 is 20.2 Å². The number of nitrogens with one attached hydrogen (secondary N) is 2. The third-order valence-electron chi connectivity index (χ3n) is 3.41. The molecular formula is C18H18BrN3O5. The first-order valence-electron chi connectivity index (χ1n) is 7.75. The summed E-state index contributed by atoms with van der Waals surface area (Å²) >= 11 is 3.20. The molecule has 0 aliphatic carbocycles. The molecule has 2 rings (SSSR count). The number of phenolic OH excluding ortho intramolecular Hbond substituents is 1. The number of rotatable bonds is 7. The first-order chi connectivity index (χ1) is 12.9. The lowest BCUT2D eigenvalue weighted by Gasteiger charge is -2.07. The fourth-order valence-corrected chi connectivity index (χ4v) is 2.53. The summed E-state index contributed by atoms with van der Waals surface area (Å²) in [4.78, 5) is 23.8. The molecule has 2 aromatic rings. The molecule has 0 aliphatic heterocycles. The first-order valence-corrected chi connectivity index (χ1v) is 8.54. The van der Waals surface area contributed by atoms with E-state index in [0.717, 1.165) is 0 Å². The van der Waals surface area contributed by atoms with Crippen molar-refractivity contribution in [3.8, 4) is 17.2 Å². The molecule has 0 aliphatic rings. The van der Waals surface area contributed by atoms with Gasteiger partial charge in [0.05, 0.1) is 31.5 Å². The SMILES string of the molecule is COc1cccc(C(=O)NCC(=O)NN=Cc2cc(Br)c(O)c(OC)c2)c1. The van der Waals surface area contributed by atoms with Crippen molar-refractivity contribution in [3.63, 3.8) is 0 Å². The predicted molar refractivity (Wildman–Crippen MR) is 103 cm³/mol. The van der Waals surface area contributed by atoms with Crippen LogP contribution in [0.2, 0.25) is 0 Å². The highest BCUT2D eigenvalue weighted by molar-refractivity contribution is 9.10. The lowest BCUT2D eigenvalue weighted by Crippen LogP contribution is -2.34. The normalized spacial score (nSPS) is 10.5. The molecule has 142 valence electrons. The summed E-state index contributed by atoms with van der Waals surface area (Å²) in [7, 11) is 2.93. The summed E-state index contributed by atoms with van der Waals surface area (Å²) in [6.45, 7) is -0.240. The standard InChI is InChI=1S/C18H18BrN3O5/c1-26-13-5-3-4-12(8-13)18(25)20-10-16(23)22-21-9-11-6-14(19)17(24)15(7-11)27-2/h3-9,24H,10H2,1-2H3,(H,20,25)(H,22,23). The van der Waals surface area contributed by atoms with Crippen molar-refractivity contribution in [2.24, 2.45) is 5.10 Å². The second kappa shape index (κ2) is 9.58. The Morgan fingerprint density at radius 1 is 1.22 bits per heavy atom. The molecule has 8 nitrogen and oxygen atoms in total. The summed E-state index contributed by atoms with van der Waals surface area (Å²) in [6, 6.07) is 9.75. The summed E-state index contributed by atoms with van der Waals surface area (Å²) in [5.41, 5.74) is 3.28. The number of carbonyl (C=O) groups excluding carboxylic acids is 2. The topological polar surface area (TPSA) is 109 Å². The molecule has 2 aromatic carbocycles. The molecule has 0 fully saturated rings. The van der Waals surface area contributed by atoms with Gasteiger partial charge in [-0.15, -0.1) is 0 Å². The number of benzene rings is 2. The van der Waals surface area contributed by atoms with Crippen LogP contribution in [0.5, 0.6) is 17.2 Å².